The fraction of sp³-hybridized carbons (Fsp3) is 0.739. The largest absolute Gasteiger partial charge is 0.494 e. The molecule has 1 aliphatic heterocycles. The van der Waals surface area contributed by atoms with Gasteiger partial charge >= 0.3 is 0 Å². The Hall–Kier alpha value is -1.22. The van der Waals surface area contributed by atoms with E-state index in [1.54, 1.807) is 0 Å². The van der Waals surface area contributed by atoms with Crippen LogP contribution in [0.25, 0.3) is 0 Å². The minimum atomic E-state index is 0.817. The highest BCUT2D eigenvalue weighted by Gasteiger charge is 2.26. The predicted octanol–water partition coefficient (Wildman–Crippen LogP) is 5.83. The maximum absolute atomic E-state index is 5.91. The molecule has 0 aromatic heterocycles. The molecule has 0 aliphatic carbocycles. The van der Waals surface area contributed by atoms with E-state index in [-0.39, 0.29) is 0 Å². The SMILES string of the molecule is CCCCCCOc1ccc(OCCCC[N+]2(CC)CCCCC2)cc1. The van der Waals surface area contributed by atoms with Crippen LogP contribution in [0.5, 0.6) is 11.5 Å². The number of hydrogen-bond acceptors (Lipinski definition) is 2. The molecule has 2 rings (SSSR count). The standard InChI is InChI=1S/C23H40NO2/c1-3-5-6-11-20-25-22-13-15-23(16-14-22)26-21-12-10-19-24(4-2)17-8-7-9-18-24/h13-16H,3-12,17-21H2,1-2H3/q+1. The Balaban J connectivity index is 1.57. The van der Waals surface area contributed by atoms with Crippen molar-refractivity contribution in [1.29, 1.82) is 0 Å². The molecule has 0 atom stereocenters. The highest BCUT2D eigenvalue weighted by atomic mass is 16.5. The lowest BCUT2D eigenvalue weighted by Gasteiger charge is -2.41. The molecule has 0 radical (unpaired) electrons. The van der Waals surface area contributed by atoms with E-state index in [2.05, 4.69) is 13.8 Å². The Labute approximate surface area is 161 Å². The number of rotatable bonds is 13. The smallest absolute Gasteiger partial charge is 0.119 e. The normalized spacial score (nSPS) is 16.4. The Morgan fingerprint density at radius 1 is 0.731 bits per heavy atom. The molecule has 26 heavy (non-hydrogen) atoms. The second-order valence-corrected chi connectivity index (χ2v) is 7.83. The molecule has 148 valence electrons. The lowest BCUT2D eigenvalue weighted by molar-refractivity contribution is -0.931. The fourth-order valence-corrected chi connectivity index (χ4v) is 3.97. The Bertz CT molecular complexity index is 466. The molecule has 3 nitrogen and oxygen atoms in total. The van der Waals surface area contributed by atoms with Crippen molar-refractivity contribution in [1.82, 2.24) is 0 Å². The lowest BCUT2D eigenvalue weighted by atomic mass is 10.1. The third-order valence-electron chi connectivity index (χ3n) is 5.82. The molecule has 3 heteroatoms. The summed E-state index contributed by atoms with van der Waals surface area (Å²) in [6.07, 6.45) is 11.7. The van der Waals surface area contributed by atoms with Crippen LogP contribution in [0.2, 0.25) is 0 Å². The summed E-state index contributed by atoms with van der Waals surface area (Å²) in [6.45, 7) is 11.6. The number of quaternary nitrogens is 1. The van der Waals surface area contributed by atoms with Crippen LogP contribution in [0.3, 0.4) is 0 Å². The molecule has 1 aliphatic rings. The summed E-state index contributed by atoms with van der Waals surface area (Å²) >= 11 is 0. The van der Waals surface area contributed by atoms with Crippen LogP contribution in [0, 0.1) is 0 Å². The van der Waals surface area contributed by atoms with E-state index >= 15 is 0 Å². The molecular weight excluding hydrogens is 322 g/mol. The first kappa shape index (κ1) is 21.1. The number of benzene rings is 1. The predicted molar refractivity (Wildman–Crippen MR) is 110 cm³/mol. The Kier molecular flexibility index (Phi) is 9.91. The van der Waals surface area contributed by atoms with Crippen molar-refractivity contribution in [2.75, 3.05) is 39.4 Å². The van der Waals surface area contributed by atoms with Gasteiger partial charge in [-0.25, -0.2) is 0 Å². The number of piperidine rings is 1. The first-order valence-corrected chi connectivity index (χ1v) is 11.0. The van der Waals surface area contributed by atoms with E-state index in [0.29, 0.717) is 0 Å². The van der Waals surface area contributed by atoms with Crippen molar-refractivity contribution in [2.45, 2.75) is 71.6 Å². The summed E-state index contributed by atoms with van der Waals surface area (Å²) < 4.78 is 13.0. The molecule has 0 saturated carbocycles. The van der Waals surface area contributed by atoms with Crippen LogP contribution >= 0.6 is 0 Å². The average Bonchev–Trinajstić information content (AvgIpc) is 2.69. The summed E-state index contributed by atoms with van der Waals surface area (Å²) in [6, 6.07) is 8.12. The van der Waals surface area contributed by atoms with E-state index in [4.69, 9.17) is 9.47 Å². The Morgan fingerprint density at radius 3 is 1.85 bits per heavy atom. The van der Waals surface area contributed by atoms with Gasteiger partial charge in [-0.1, -0.05) is 26.2 Å². The highest BCUT2D eigenvalue weighted by Crippen LogP contribution is 2.21. The van der Waals surface area contributed by atoms with Gasteiger partial charge < -0.3 is 14.0 Å². The third-order valence-corrected chi connectivity index (χ3v) is 5.82. The van der Waals surface area contributed by atoms with Crippen LogP contribution in [0.1, 0.15) is 71.6 Å². The zero-order valence-corrected chi connectivity index (χ0v) is 17.2. The molecule has 0 spiro atoms. The van der Waals surface area contributed by atoms with E-state index in [9.17, 15) is 0 Å². The van der Waals surface area contributed by atoms with E-state index in [0.717, 1.165) is 37.6 Å². The van der Waals surface area contributed by atoms with Crippen molar-refractivity contribution in [3.63, 3.8) is 0 Å². The van der Waals surface area contributed by atoms with E-state index in [1.807, 2.05) is 24.3 Å². The van der Waals surface area contributed by atoms with Crippen molar-refractivity contribution in [3.05, 3.63) is 24.3 Å². The van der Waals surface area contributed by atoms with Gasteiger partial charge in [0.15, 0.2) is 0 Å². The van der Waals surface area contributed by atoms with Crippen LogP contribution < -0.4 is 9.47 Å². The minimum Gasteiger partial charge on any atom is -0.494 e. The van der Waals surface area contributed by atoms with Crippen molar-refractivity contribution in [3.8, 4) is 11.5 Å². The average molecular weight is 363 g/mol. The quantitative estimate of drug-likeness (QED) is 0.325. The van der Waals surface area contributed by atoms with Crippen molar-refractivity contribution >= 4 is 0 Å². The first-order valence-electron chi connectivity index (χ1n) is 11.0. The summed E-state index contributed by atoms with van der Waals surface area (Å²) in [5.41, 5.74) is 0. The Morgan fingerprint density at radius 2 is 1.31 bits per heavy atom. The number of nitrogens with zero attached hydrogens (tertiary/aromatic N) is 1. The second kappa shape index (κ2) is 12.2. The zero-order chi connectivity index (χ0) is 18.5. The van der Waals surface area contributed by atoms with Crippen LogP contribution in [0.15, 0.2) is 24.3 Å². The monoisotopic (exact) mass is 362 g/mol. The van der Waals surface area contributed by atoms with Gasteiger partial charge in [-0.3, -0.25) is 0 Å². The van der Waals surface area contributed by atoms with Gasteiger partial charge in [0.05, 0.1) is 39.4 Å². The fourth-order valence-electron chi connectivity index (χ4n) is 3.97. The summed E-state index contributed by atoms with van der Waals surface area (Å²) in [7, 11) is 0. The molecule has 0 N–H and O–H groups in total. The molecule has 1 heterocycles. The first-order chi connectivity index (χ1) is 12.8. The van der Waals surface area contributed by atoms with Gasteiger partial charge in [0, 0.05) is 0 Å². The molecule has 1 fully saturated rings. The number of hydrogen-bond donors (Lipinski definition) is 0. The highest BCUT2D eigenvalue weighted by molar-refractivity contribution is 5.31. The summed E-state index contributed by atoms with van der Waals surface area (Å²) in [4.78, 5) is 0. The van der Waals surface area contributed by atoms with Gasteiger partial charge in [-0.05, 0) is 69.7 Å². The van der Waals surface area contributed by atoms with Gasteiger partial charge in [-0.2, -0.15) is 0 Å². The summed E-state index contributed by atoms with van der Waals surface area (Å²) in [5.74, 6) is 1.91. The third kappa shape index (κ3) is 7.57. The molecule has 1 saturated heterocycles. The van der Waals surface area contributed by atoms with Gasteiger partial charge in [-0.15, -0.1) is 0 Å². The molecular formula is C23H40NO2+. The zero-order valence-electron chi connectivity index (χ0n) is 17.2. The molecule has 1 aromatic rings. The number of ether oxygens (including phenoxy) is 2. The lowest BCUT2D eigenvalue weighted by Crippen LogP contribution is -2.51. The second-order valence-electron chi connectivity index (χ2n) is 7.83. The molecule has 0 amide bonds. The molecule has 0 bridgehead atoms. The van der Waals surface area contributed by atoms with Crippen molar-refractivity contribution < 1.29 is 14.0 Å². The van der Waals surface area contributed by atoms with Gasteiger partial charge in [0.2, 0.25) is 0 Å². The van der Waals surface area contributed by atoms with Crippen LogP contribution in [0.4, 0.5) is 0 Å². The van der Waals surface area contributed by atoms with Gasteiger partial charge in [0.1, 0.15) is 11.5 Å². The minimum absolute atomic E-state index is 0.817. The van der Waals surface area contributed by atoms with E-state index < -0.39 is 0 Å². The van der Waals surface area contributed by atoms with Crippen LogP contribution in [-0.2, 0) is 0 Å². The maximum atomic E-state index is 5.91. The molecule has 1 aromatic carbocycles. The number of likely N-dealkylation sites (tertiary alicyclic amines) is 1. The molecule has 0 unspecified atom stereocenters. The van der Waals surface area contributed by atoms with Gasteiger partial charge in [0.25, 0.3) is 0 Å². The van der Waals surface area contributed by atoms with Crippen molar-refractivity contribution in [2.24, 2.45) is 0 Å². The topological polar surface area (TPSA) is 18.5 Å². The van der Waals surface area contributed by atoms with Crippen LogP contribution in [-0.4, -0.2) is 43.9 Å². The summed E-state index contributed by atoms with van der Waals surface area (Å²) in [5, 5.41) is 0. The van der Waals surface area contributed by atoms with E-state index in [1.165, 1.54) is 75.6 Å². The number of unbranched alkanes of at least 4 members (excludes halogenated alkanes) is 4. The maximum Gasteiger partial charge on any atom is 0.119 e.